The minimum Gasteiger partial charge on any atom is -0.385 e. The Balaban J connectivity index is 2.15. The summed E-state index contributed by atoms with van der Waals surface area (Å²) in [5.74, 6) is 0.0807. The molecule has 1 aliphatic heterocycles. The second-order valence-corrected chi connectivity index (χ2v) is 5.23. The molecule has 4 nitrogen and oxygen atoms in total. The highest BCUT2D eigenvalue weighted by Crippen LogP contribution is 2.31. The van der Waals surface area contributed by atoms with Crippen molar-refractivity contribution in [2.75, 3.05) is 37.4 Å². The number of carbonyl (C=O) groups is 1. The van der Waals surface area contributed by atoms with Gasteiger partial charge in [-0.25, -0.2) is 0 Å². The van der Waals surface area contributed by atoms with E-state index in [0.717, 1.165) is 19.5 Å². The summed E-state index contributed by atoms with van der Waals surface area (Å²) < 4.78 is 0. The van der Waals surface area contributed by atoms with Crippen molar-refractivity contribution in [2.24, 2.45) is 5.92 Å². The highest BCUT2D eigenvalue weighted by molar-refractivity contribution is 5.79. The first-order valence-corrected chi connectivity index (χ1v) is 6.92. The Morgan fingerprint density at radius 2 is 2.32 bits per heavy atom. The van der Waals surface area contributed by atoms with E-state index >= 15 is 0 Å². The van der Waals surface area contributed by atoms with Gasteiger partial charge in [0.15, 0.2) is 0 Å². The van der Waals surface area contributed by atoms with Gasteiger partial charge in [0.25, 0.3) is 0 Å². The third-order valence-electron chi connectivity index (χ3n) is 3.72. The van der Waals surface area contributed by atoms with Crippen molar-refractivity contribution >= 4 is 17.3 Å². The Morgan fingerprint density at radius 1 is 1.53 bits per heavy atom. The summed E-state index contributed by atoms with van der Waals surface area (Å²) in [4.78, 5) is 13.8. The molecule has 0 bridgehead atoms. The molecule has 4 heteroatoms. The maximum Gasteiger partial charge on any atom is 0.224 e. The third-order valence-corrected chi connectivity index (χ3v) is 3.72. The topological polar surface area (TPSA) is 44.4 Å². The van der Waals surface area contributed by atoms with Crippen molar-refractivity contribution in [2.45, 2.75) is 19.8 Å². The Hall–Kier alpha value is -1.71. The van der Waals surface area contributed by atoms with Gasteiger partial charge in [0.05, 0.1) is 5.92 Å². The van der Waals surface area contributed by atoms with E-state index in [1.807, 2.05) is 6.92 Å². The lowest BCUT2D eigenvalue weighted by Gasteiger charge is -2.28. The minimum atomic E-state index is -0.0117. The van der Waals surface area contributed by atoms with Crippen LogP contribution < -0.4 is 15.5 Å². The van der Waals surface area contributed by atoms with Crippen LogP contribution in [0.25, 0.3) is 0 Å². The Morgan fingerprint density at radius 3 is 3.05 bits per heavy atom. The number of amides is 1. The first-order valence-electron chi connectivity index (χ1n) is 6.92. The fourth-order valence-corrected chi connectivity index (χ4v) is 2.69. The third kappa shape index (κ3) is 3.00. The molecule has 0 saturated carbocycles. The Kier molecular flexibility index (Phi) is 4.30. The van der Waals surface area contributed by atoms with Crippen molar-refractivity contribution < 1.29 is 4.79 Å². The van der Waals surface area contributed by atoms with Crippen molar-refractivity contribution in [3.05, 3.63) is 23.8 Å². The molecule has 2 N–H and O–H groups in total. The smallest absolute Gasteiger partial charge is 0.224 e. The van der Waals surface area contributed by atoms with Crippen LogP contribution in [0.1, 0.15) is 18.9 Å². The van der Waals surface area contributed by atoms with E-state index in [1.165, 1.54) is 23.4 Å². The number of hydrogen-bond donors (Lipinski definition) is 2. The van der Waals surface area contributed by atoms with Gasteiger partial charge in [-0.1, -0.05) is 13.0 Å². The first-order chi connectivity index (χ1) is 9.13. The van der Waals surface area contributed by atoms with Crippen LogP contribution in [0.5, 0.6) is 0 Å². The Labute approximate surface area is 115 Å². The molecule has 1 atom stereocenters. The SMILES string of the molecule is CNC(=O)C(C)CN(C)c1cccc2c1CCCN2. The molecule has 1 heterocycles. The lowest BCUT2D eigenvalue weighted by molar-refractivity contribution is -0.123. The molecule has 1 aromatic carbocycles. The lowest BCUT2D eigenvalue weighted by atomic mass is 10.00. The molecule has 1 amide bonds. The molecule has 0 radical (unpaired) electrons. The van der Waals surface area contributed by atoms with Crippen LogP contribution in [0, 0.1) is 5.92 Å². The van der Waals surface area contributed by atoms with Gasteiger partial charge in [-0.3, -0.25) is 4.79 Å². The van der Waals surface area contributed by atoms with Gasteiger partial charge >= 0.3 is 0 Å². The second-order valence-electron chi connectivity index (χ2n) is 5.23. The predicted octanol–water partition coefficient (Wildman–Crippen LogP) is 1.86. The van der Waals surface area contributed by atoms with Crippen molar-refractivity contribution in [1.82, 2.24) is 5.32 Å². The number of fused-ring (bicyclic) bond motifs is 1. The summed E-state index contributed by atoms with van der Waals surface area (Å²) in [7, 11) is 3.75. The minimum absolute atomic E-state index is 0.0117. The van der Waals surface area contributed by atoms with Gasteiger partial charge in [0.2, 0.25) is 5.91 Å². The van der Waals surface area contributed by atoms with Crippen LogP contribution in [-0.2, 0) is 11.2 Å². The fourth-order valence-electron chi connectivity index (χ4n) is 2.69. The van der Waals surface area contributed by atoms with Crippen LogP contribution >= 0.6 is 0 Å². The molecule has 1 aliphatic rings. The maximum atomic E-state index is 11.6. The normalized spacial score (nSPS) is 15.1. The van der Waals surface area contributed by atoms with Crippen LogP contribution in [-0.4, -0.2) is 33.1 Å². The monoisotopic (exact) mass is 261 g/mol. The van der Waals surface area contributed by atoms with E-state index in [2.05, 4.69) is 40.8 Å². The zero-order chi connectivity index (χ0) is 13.8. The standard InChI is InChI=1S/C15H23N3O/c1-11(15(19)16-2)10-18(3)14-8-4-7-13-12(14)6-5-9-17-13/h4,7-8,11,17H,5-6,9-10H2,1-3H3,(H,16,19). The first kappa shape index (κ1) is 13.7. The molecule has 0 saturated heterocycles. The molecule has 0 aliphatic carbocycles. The number of nitrogens with one attached hydrogen (secondary N) is 2. The van der Waals surface area contributed by atoms with Crippen LogP contribution in [0.4, 0.5) is 11.4 Å². The van der Waals surface area contributed by atoms with Crippen molar-refractivity contribution in [3.8, 4) is 0 Å². The van der Waals surface area contributed by atoms with Crippen LogP contribution in [0.3, 0.4) is 0 Å². The number of hydrogen-bond acceptors (Lipinski definition) is 3. The summed E-state index contributed by atoms with van der Waals surface area (Å²) in [6.07, 6.45) is 2.28. The van der Waals surface area contributed by atoms with E-state index in [-0.39, 0.29) is 11.8 Å². The Bertz CT molecular complexity index is 459. The van der Waals surface area contributed by atoms with Gasteiger partial charge in [-0.2, -0.15) is 0 Å². The summed E-state index contributed by atoms with van der Waals surface area (Å²) >= 11 is 0. The summed E-state index contributed by atoms with van der Waals surface area (Å²) in [5.41, 5.74) is 3.85. The molecule has 0 aromatic heterocycles. The van der Waals surface area contributed by atoms with E-state index < -0.39 is 0 Å². The van der Waals surface area contributed by atoms with E-state index in [0.29, 0.717) is 0 Å². The predicted molar refractivity (Wildman–Crippen MR) is 79.8 cm³/mol. The van der Waals surface area contributed by atoms with Gasteiger partial charge in [-0.05, 0) is 30.5 Å². The molecule has 104 valence electrons. The number of rotatable bonds is 4. The highest BCUT2D eigenvalue weighted by atomic mass is 16.1. The molecule has 0 spiro atoms. The van der Waals surface area contributed by atoms with Gasteiger partial charge < -0.3 is 15.5 Å². The lowest BCUT2D eigenvalue weighted by Crippen LogP contribution is -2.35. The van der Waals surface area contributed by atoms with E-state index in [9.17, 15) is 4.79 Å². The zero-order valence-electron chi connectivity index (χ0n) is 12.0. The summed E-state index contributed by atoms with van der Waals surface area (Å²) in [6.45, 7) is 3.74. The van der Waals surface area contributed by atoms with Crippen molar-refractivity contribution in [3.63, 3.8) is 0 Å². The van der Waals surface area contributed by atoms with Crippen LogP contribution in [0.15, 0.2) is 18.2 Å². The quantitative estimate of drug-likeness (QED) is 0.869. The van der Waals surface area contributed by atoms with E-state index in [4.69, 9.17) is 0 Å². The summed E-state index contributed by atoms with van der Waals surface area (Å²) in [5, 5.41) is 6.15. The zero-order valence-corrected chi connectivity index (χ0v) is 12.0. The van der Waals surface area contributed by atoms with Crippen molar-refractivity contribution in [1.29, 1.82) is 0 Å². The molecule has 2 rings (SSSR count). The number of anilines is 2. The number of nitrogens with zero attached hydrogens (tertiary/aromatic N) is 1. The molecule has 19 heavy (non-hydrogen) atoms. The molecule has 1 unspecified atom stereocenters. The van der Waals surface area contributed by atoms with Gasteiger partial charge in [0, 0.05) is 38.6 Å². The maximum absolute atomic E-state index is 11.6. The summed E-state index contributed by atoms with van der Waals surface area (Å²) in [6, 6.07) is 6.35. The van der Waals surface area contributed by atoms with Gasteiger partial charge in [0.1, 0.15) is 0 Å². The average molecular weight is 261 g/mol. The van der Waals surface area contributed by atoms with Crippen LogP contribution in [0.2, 0.25) is 0 Å². The largest absolute Gasteiger partial charge is 0.385 e. The molecule has 1 aromatic rings. The molecular formula is C15H23N3O. The number of benzene rings is 1. The second kappa shape index (κ2) is 5.95. The van der Waals surface area contributed by atoms with E-state index in [1.54, 1.807) is 7.05 Å². The highest BCUT2D eigenvalue weighted by Gasteiger charge is 2.18. The number of carbonyl (C=O) groups excluding carboxylic acids is 1. The molecule has 0 fully saturated rings. The average Bonchev–Trinajstić information content (AvgIpc) is 2.45. The fraction of sp³-hybridized carbons (Fsp3) is 0.533. The van der Waals surface area contributed by atoms with Gasteiger partial charge in [-0.15, -0.1) is 0 Å². The molecular weight excluding hydrogens is 238 g/mol.